The van der Waals surface area contributed by atoms with Crippen molar-refractivity contribution < 1.29 is 9.90 Å². The third-order valence-corrected chi connectivity index (χ3v) is 2.61. The molecule has 0 aliphatic carbocycles. The Balaban J connectivity index is 2.50. The van der Waals surface area contributed by atoms with Crippen LogP contribution in [0.2, 0.25) is 0 Å². The van der Waals surface area contributed by atoms with Gasteiger partial charge >= 0.3 is 0 Å². The van der Waals surface area contributed by atoms with Crippen LogP contribution in [0.15, 0.2) is 6.07 Å². The average molecular weight is 224 g/mol. The van der Waals surface area contributed by atoms with Crippen molar-refractivity contribution in [1.82, 2.24) is 10.3 Å². The number of aliphatic hydroxyl groups excluding tert-OH is 1. The van der Waals surface area contributed by atoms with Crippen LogP contribution in [-0.2, 0) is 0 Å². The van der Waals surface area contributed by atoms with E-state index >= 15 is 0 Å². The minimum absolute atomic E-state index is 0.0737. The first-order valence-corrected chi connectivity index (χ1v) is 5.60. The van der Waals surface area contributed by atoms with E-state index in [0.29, 0.717) is 24.6 Å². The second-order valence-corrected chi connectivity index (χ2v) is 4.34. The summed E-state index contributed by atoms with van der Waals surface area (Å²) in [6.45, 7) is 6.60. The molecular weight excluding hydrogens is 204 g/mol. The number of H-pyrrole nitrogens is 1. The van der Waals surface area contributed by atoms with E-state index in [9.17, 15) is 4.79 Å². The number of carbonyl (C=O) groups excluding carboxylic acids is 1. The lowest BCUT2D eigenvalue weighted by Crippen LogP contribution is -2.29. The highest BCUT2D eigenvalue weighted by Gasteiger charge is 2.12. The minimum Gasteiger partial charge on any atom is -0.396 e. The Kier molecular flexibility index (Phi) is 4.55. The van der Waals surface area contributed by atoms with Gasteiger partial charge in [-0.3, -0.25) is 4.79 Å². The van der Waals surface area contributed by atoms with Gasteiger partial charge in [0.05, 0.1) is 0 Å². The van der Waals surface area contributed by atoms with E-state index < -0.39 is 0 Å². The van der Waals surface area contributed by atoms with Crippen molar-refractivity contribution in [3.05, 3.63) is 23.0 Å². The standard InChI is InChI=1S/C12H20N2O2/c1-8(4-5-15)7-13-12(16)11-9(2)6-10(3)14-11/h6,8,14-15H,4-5,7H2,1-3H3,(H,13,16). The normalized spacial score (nSPS) is 12.5. The van der Waals surface area contributed by atoms with E-state index in [-0.39, 0.29) is 12.5 Å². The molecule has 4 nitrogen and oxygen atoms in total. The molecule has 0 bridgehead atoms. The van der Waals surface area contributed by atoms with Crippen LogP contribution in [0.1, 0.15) is 35.1 Å². The second-order valence-electron chi connectivity index (χ2n) is 4.34. The van der Waals surface area contributed by atoms with Gasteiger partial charge in [0.1, 0.15) is 5.69 Å². The Morgan fingerprint density at radius 2 is 2.25 bits per heavy atom. The maximum Gasteiger partial charge on any atom is 0.267 e. The van der Waals surface area contributed by atoms with Gasteiger partial charge in [-0.25, -0.2) is 0 Å². The van der Waals surface area contributed by atoms with Crippen LogP contribution in [0, 0.1) is 19.8 Å². The van der Waals surface area contributed by atoms with Crippen LogP contribution >= 0.6 is 0 Å². The molecule has 0 radical (unpaired) electrons. The fraction of sp³-hybridized carbons (Fsp3) is 0.583. The number of nitrogens with one attached hydrogen (secondary N) is 2. The SMILES string of the molecule is Cc1cc(C)c(C(=O)NCC(C)CCO)[nH]1. The summed E-state index contributed by atoms with van der Waals surface area (Å²) in [7, 11) is 0. The number of aromatic amines is 1. The maximum absolute atomic E-state index is 11.8. The molecule has 0 saturated heterocycles. The monoisotopic (exact) mass is 224 g/mol. The number of aliphatic hydroxyl groups is 1. The molecule has 0 aliphatic rings. The lowest BCUT2D eigenvalue weighted by atomic mass is 10.1. The molecule has 1 aromatic heterocycles. The van der Waals surface area contributed by atoms with Crippen LogP contribution in [0.5, 0.6) is 0 Å². The first-order chi connectivity index (χ1) is 7.54. The van der Waals surface area contributed by atoms with Gasteiger partial charge in [0, 0.05) is 18.8 Å². The van der Waals surface area contributed by atoms with Gasteiger partial charge in [0.25, 0.3) is 5.91 Å². The van der Waals surface area contributed by atoms with E-state index in [2.05, 4.69) is 10.3 Å². The predicted molar refractivity (Wildman–Crippen MR) is 63.5 cm³/mol. The Morgan fingerprint density at radius 3 is 2.75 bits per heavy atom. The highest BCUT2D eigenvalue weighted by molar-refractivity contribution is 5.93. The Bertz CT molecular complexity index is 358. The quantitative estimate of drug-likeness (QED) is 0.707. The number of aryl methyl sites for hydroxylation is 2. The Morgan fingerprint density at radius 1 is 1.56 bits per heavy atom. The smallest absolute Gasteiger partial charge is 0.267 e. The molecule has 0 spiro atoms. The molecule has 4 heteroatoms. The van der Waals surface area contributed by atoms with Gasteiger partial charge in [-0.05, 0) is 37.8 Å². The summed E-state index contributed by atoms with van der Waals surface area (Å²) in [5, 5.41) is 11.6. The fourth-order valence-electron chi connectivity index (χ4n) is 1.64. The molecule has 1 aromatic rings. The summed E-state index contributed by atoms with van der Waals surface area (Å²) < 4.78 is 0. The molecule has 1 heterocycles. The van der Waals surface area contributed by atoms with Crippen LogP contribution in [0.4, 0.5) is 0 Å². The predicted octanol–water partition coefficient (Wildman–Crippen LogP) is 1.38. The van der Waals surface area contributed by atoms with Crippen molar-refractivity contribution in [2.24, 2.45) is 5.92 Å². The third-order valence-electron chi connectivity index (χ3n) is 2.61. The number of carbonyl (C=O) groups is 1. The average Bonchev–Trinajstić information content (AvgIpc) is 2.55. The summed E-state index contributed by atoms with van der Waals surface area (Å²) in [5.41, 5.74) is 2.59. The van der Waals surface area contributed by atoms with E-state index in [1.807, 2.05) is 26.8 Å². The molecule has 90 valence electrons. The molecule has 0 aromatic carbocycles. The van der Waals surface area contributed by atoms with Crippen molar-refractivity contribution in [1.29, 1.82) is 0 Å². The summed E-state index contributed by atoms with van der Waals surface area (Å²) in [5.74, 6) is 0.223. The molecule has 1 atom stereocenters. The van der Waals surface area contributed by atoms with Gasteiger partial charge < -0.3 is 15.4 Å². The number of hydrogen-bond donors (Lipinski definition) is 3. The number of amides is 1. The van der Waals surface area contributed by atoms with Gasteiger partial charge in [0.2, 0.25) is 0 Å². The molecule has 0 fully saturated rings. The highest BCUT2D eigenvalue weighted by atomic mass is 16.3. The zero-order valence-corrected chi connectivity index (χ0v) is 10.1. The van der Waals surface area contributed by atoms with E-state index in [1.165, 1.54) is 0 Å². The molecule has 1 amide bonds. The van der Waals surface area contributed by atoms with E-state index in [1.54, 1.807) is 0 Å². The molecule has 1 unspecified atom stereocenters. The Labute approximate surface area is 96.1 Å². The summed E-state index contributed by atoms with van der Waals surface area (Å²) in [6.07, 6.45) is 0.711. The molecule has 1 rings (SSSR count). The van der Waals surface area contributed by atoms with Crippen LogP contribution in [0.25, 0.3) is 0 Å². The summed E-state index contributed by atoms with van der Waals surface area (Å²) in [6, 6.07) is 1.95. The molecular formula is C12H20N2O2. The minimum atomic E-state index is -0.0737. The van der Waals surface area contributed by atoms with Crippen molar-refractivity contribution >= 4 is 5.91 Å². The highest BCUT2D eigenvalue weighted by Crippen LogP contribution is 2.08. The first kappa shape index (κ1) is 12.8. The zero-order chi connectivity index (χ0) is 12.1. The van der Waals surface area contributed by atoms with Gasteiger partial charge in [-0.2, -0.15) is 0 Å². The largest absolute Gasteiger partial charge is 0.396 e. The van der Waals surface area contributed by atoms with Crippen molar-refractivity contribution in [2.45, 2.75) is 27.2 Å². The van der Waals surface area contributed by atoms with Crippen molar-refractivity contribution in [3.63, 3.8) is 0 Å². The Hall–Kier alpha value is -1.29. The lowest BCUT2D eigenvalue weighted by Gasteiger charge is -2.10. The maximum atomic E-state index is 11.8. The van der Waals surface area contributed by atoms with E-state index in [4.69, 9.17) is 5.11 Å². The second kappa shape index (κ2) is 5.70. The summed E-state index contributed by atoms with van der Waals surface area (Å²) >= 11 is 0. The van der Waals surface area contributed by atoms with Crippen LogP contribution in [0.3, 0.4) is 0 Å². The van der Waals surface area contributed by atoms with Gasteiger partial charge in [-0.1, -0.05) is 6.92 Å². The van der Waals surface area contributed by atoms with Gasteiger partial charge in [-0.15, -0.1) is 0 Å². The lowest BCUT2D eigenvalue weighted by molar-refractivity contribution is 0.0940. The molecule has 0 aliphatic heterocycles. The number of rotatable bonds is 5. The first-order valence-electron chi connectivity index (χ1n) is 5.60. The zero-order valence-electron chi connectivity index (χ0n) is 10.1. The molecule has 16 heavy (non-hydrogen) atoms. The number of aromatic nitrogens is 1. The summed E-state index contributed by atoms with van der Waals surface area (Å²) in [4.78, 5) is 14.8. The fourth-order valence-corrected chi connectivity index (χ4v) is 1.64. The van der Waals surface area contributed by atoms with Gasteiger partial charge in [0.15, 0.2) is 0 Å². The van der Waals surface area contributed by atoms with Crippen molar-refractivity contribution in [2.75, 3.05) is 13.2 Å². The van der Waals surface area contributed by atoms with Crippen LogP contribution < -0.4 is 5.32 Å². The van der Waals surface area contributed by atoms with Crippen molar-refractivity contribution in [3.8, 4) is 0 Å². The molecule has 0 saturated carbocycles. The van der Waals surface area contributed by atoms with E-state index in [0.717, 1.165) is 11.3 Å². The van der Waals surface area contributed by atoms with Crippen LogP contribution in [-0.4, -0.2) is 29.1 Å². The molecule has 3 N–H and O–H groups in total. The number of hydrogen-bond acceptors (Lipinski definition) is 2. The third kappa shape index (κ3) is 3.38. The topological polar surface area (TPSA) is 65.1 Å².